The standard InChI is InChI=1S/C10H10FNOS/c1-10(13,6-12)7-14-9-4-2-8(11)3-5-9/h2-5,13H,7H2,1H3. The Labute approximate surface area is 86.4 Å². The smallest absolute Gasteiger partial charge is 0.157 e. The van der Waals surface area contributed by atoms with Gasteiger partial charge in [0.15, 0.2) is 5.60 Å². The summed E-state index contributed by atoms with van der Waals surface area (Å²) in [6.07, 6.45) is 0. The van der Waals surface area contributed by atoms with E-state index in [1.165, 1.54) is 30.8 Å². The molecule has 1 rings (SSSR count). The molecule has 1 N–H and O–H groups in total. The third-order valence-corrected chi connectivity index (χ3v) is 2.89. The molecular formula is C10H10FNOS. The molecule has 0 aliphatic rings. The monoisotopic (exact) mass is 211 g/mol. The maximum atomic E-state index is 12.5. The molecule has 0 radical (unpaired) electrons. The molecule has 0 bridgehead atoms. The van der Waals surface area contributed by atoms with E-state index in [4.69, 9.17) is 5.26 Å². The molecule has 0 aromatic heterocycles. The third-order valence-electron chi connectivity index (χ3n) is 1.57. The van der Waals surface area contributed by atoms with Crippen LogP contribution in [-0.4, -0.2) is 16.5 Å². The van der Waals surface area contributed by atoms with Gasteiger partial charge >= 0.3 is 0 Å². The van der Waals surface area contributed by atoms with Crippen LogP contribution < -0.4 is 0 Å². The first-order valence-corrected chi connectivity index (χ1v) is 5.04. The van der Waals surface area contributed by atoms with E-state index in [0.717, 1.165) is 4.90 Å². The average molecular weight is 211 g/mol. The maximum Gasteiger partial charge on any atom is 0.157 e. The van der Waals surface area contributed by atoms with Gasteiger partial charge in [-0.1, -0.05) is 0 Å². The van der Waals surface area contributed by atoms with E-state index in [0.29, 0.717) is 0 Å². The van der Waals surface area contributed by atoms with Gasteiger partial charge < -0.3 is 5.11 Å². The van der Waals surface area contributed by atoms with Crippen LogP contribution in [0.2, 0.25) is 0 Å². The number of hydrogen-bond donors (Lipinski definition) is 1. The number of nitrogens with zero attached hydrogens (tertiary/aromatic N) is 1. The van der Waals surface area contributed by atoms with Gasteiger partial charge in [0.05, 0.1) is 6.07 Å². The summed E-state index contributed by atoms with van der Waals surface area (Å²) in [5.74, 6) is -0.0174. The van der Waals surface area contributed by atoms with Crippen molar-refractivity contribution in [2.24, 2.45) is 0 Å². The number of benzene rings is 1. The first-order chi connectivity index (χ1) is 6.53. The van der Waals surface area contributed by atoms with Crippen molar-refractivity contribution in [2.45, 2.75) is 17.4 Å². The van der Waals surface area contributed by atoms with Crippen LogP contribution in [0, 0.1) is 17.1 Å². The van der Waals surface area contributed by atoms with Crippen molar-refractivity contribution in [2.75, 3.05) is 5.75 Å². The van der Waals surface area contributed by atoms with Gasteiger partial charge in [0, 0.05) is 10.6 Å². The van der Waals surface area contributed by atoms with E-state index in [2.05, 4.69) is 0 Å². The van der Waals surface area contributed by atoms with Crippen molar-refractivity contribution in [3.05, 3.63) is 30.1 Å². The molecule has 0 fully saturated rings. The summed E-state index contributed by atoms with van der Waals surface area (Å²) in [6.45, 7) is 1.45. The Morgan fingerprint density at radius 2 is 2.07 bits per heavy atom. The van der Waals surface area contributed by atoms with E-state index in [1.54, 1.807) is 18.2 Å². The highest BCUT2D eigenvalue weighted by atomic mass is 32.2. The number of rotatable bonds is 3. The van der Waals surface area contributed by atoms with Crippen LogP contribution in [0.15, 0.2) is 29.2 Å². The largest absolute Gasteiger partial charge is 0.375 e. The van der Waals surface area contributed by atoms with Crippen molar-refractivity contribution in [3.8, 4) is 6.07 Å². The Bertz CT molecular complexity index is 342. The fourth-order valence-corrected chi connectivity index (χ4v) is 1.63. The molecule has 0 amide bonds. The molecule has 14 heavy (non-hydrogen) atoms. The average Bonchev–Trinajstić information content (AvgIpc) is 2.17. The first kappa shape index (κ1) is 11.0. The highest BCUT2D eigenvalue weighted by Gasteiger charge is 2.18. The molecule has 0 aliphatic heterocycles. The number of aliphatic hydroxyl groups is 1. The van der Waals surface area contributed by atoms with Crippen molar-refractivity contribution in [1.29, 1.82) is 5.26 Å². The van der Waals surface area contributed by atoms with Crippen LogP contribution in [0.3, 0.4) is 0 Å². The Balaban J connectivity index is 2.55. The van der Waals surface area contributed by atoms with E-state index >= 15 is 0 Å². The van der Waals surface area contributed by atoms with Crippen LogP contribution in [0.25, 0.3) is 0 Å². The van der Waals surface area contributed by atoms with Gasteiger partial charge in [-0.05, 0) is 31.2 Å². The Morgan fingerprint density at radius 1 is 1.50 bits per heavy atom. The number of thioether (sulfide) groups is 1. The van der Waals surface area contributed by atoms with E-state index in [-0.39, 0.29) is 11.6 Å². The maximum absolute atomic E-state index is 12.5. The van der Waals surface area contributed by atoms with Crippen LogP contribution in [0.1, 0.15) is 6.92 Å². The molecule has 0 spiro atoms. The zero-order chi connectivity index (χ0) is 10.6. The quantitative estimate of drug-likeness (QED) is 0.615. The minimum absolute atomic E-state index is 0.273. The number of nitriles is 1. The van der Waals surface area contributed by atoms with Crippen LogP contribution >= 0.6 is 11.8 Å². The Morgan fingerprint density at radius 3 is 2.57 bits per heavy atom. The molecule has 74 valence electrons. The lowest BCUT2D eigenvalue weighted by molar-refractivity contribution is 0.146. The molecule has 4 heteroatoms. The summed E-state index contributed by atoms with van der Waals surface area (Å²) in [6, 6.07) is 7.72. The molecule has 2 nitrogen and oxygen atoms in total. The first-order valence-electron chi connectivity index (χ1n) is 4.05. The molecule has 0 aliphatic carbocycles. The lowest BCUT2D eigenvalue weighted by Crippen LogP contribution is -2.24. The van der Waals surface area contributed by atoms with Gasteiger partial charge in [-0.15, -0.1) is 11.8 Å². The zero-order valence-corrected chi connectivity index (χ0v) is 8.51. The lowest BCUT2D eigenvalue weighted by atomic mass is 10.2. The molecule has 1 aromatic carbocycles. The van der Waals surface area contributed by atoms with Gasteiger partial charge in [0.2, 0.25) is 0 Å². The topological polar surface area (TPSA) is 44.0 Å². The summed E-state index contributed by atoms with van der Waals surface area (Å²) in [5, 5.41) is 17.9. The number of hydrogen-bond acceptors (Lipinski definition) is 3. The molecule has 1 atom stereocenters. The van der Waals surface area contributed by atoms with E-state index in [9.17, 15) is 9.50 Å². The Kier molecular flexibility index (Phi) is 3.50. The van der Waals surface area contributed by atoms with Crippen LogP contribution in [0.4, 0.5) is 4.39 Å². The van der Waals surface area contributed by atoms with Crippen LogP contribution in [0.5, 0.6) is 0 Å². The SMILES string of the molecule is CC(O)(C#N)CSc1ccc(F)cc1. The fourth-order valence-electron chi connectivity index (χ4n) is 0.787. The molecule has 0 saturated carbocycles. The minimum Gasteiger partial charge on any atom is -0.375 e. The highest BCUT2D eigenvalue weighted by molar-refractivity contribution is 7.99. The predicted octanol–water partition coefficient (Wildman–Crippen LogP) is 2.19. The lowest BCUT2D eigenvalue weighted by Gasteiger charge is -2.12. The second-order valence-corrected chi connectivity index (χ2v) is 4.18. The van der Waals surface area contributed by atoms with Crippen molar-refractivity contribution in [3.63, 3.8) is 0 Å². The summed E-state index contributed by atoms with van der Waals surface area (Å²) >= 11 is 1.32. The summed E-state index contributed by atoms with van der Waals surface area (Å²) < 4.78 is 12.5. The van der Waals surface area contributed by atoms with Crippen molar-refractivity contribution in [1.82, 2.24) is 0 Å². The summed E-state index contributed by atoms with van der Waals surface area (Å²) in [7, 11) is 0. The van der Waals surface area contributed by atoms with Gasteiger partial charge in [0.25, 0.3) is 0 Å². The second kappa shape index (κ2) is 4.45. The van der Waals surface area contributed by atoms with Gasteiger partial charge in [-0.25, -0.2) is 4.39 Å². The second-order valence-electron chi connectivity index (χ2n) is 3.13. The van der Waals surface area contributed by atoms with Gasteiger partial charge in [0.1, 0.15) is 5.82 Å². The Hall–Kier alpha value is -1.05. The molecule has 0 heterocycles. The van der Waals surface area contributed by atoms with Gasteiger partial charge in [-0.3, -0.25) is 0 Å². The van der Waals surface area contributed by atoms with E-state index < -0.39 is 5.60 Å². The normalized spacial score (nSPS) is 14.4. The molecular weight excluding hydrogens is 201 g/mol. The van der Waals surface area contributed by atoms with E-state index in [1.807, 2.05) is 0 Å². The molecule has 1 unspecified atom stereocenters. The van der Waals surface area contributed by atoms with Crippen molar-refractivity contribution >= 4 is 11.8 Å². The van der Waals surface area contributed by atoms with Crippen LogP contribution in [-0.2, 0) is 0 Å². The van der Waals surface area contributed by atoms with Gasteiger partial charge in [-0.2, -0.15) is 5.26 Å². The highest BCUT2D eigenvalue weighted by Crippen LogP contribution is 2.22. The fraction of sp³-hybridized carbons (Fsp3) is 0.300. The summed E-state index contributed by atoms with van der Waals surface area (Å²) in [4.78, 5) is 0.835. The molecule has 1 aromatic rings. The summed E-state index contributed by atoms with van der Waals surface area (Å²) in [5.41, 5.74) is -1.33. The minimum atomic E-state index is -1.33. The van der Waals surface area contributed by atoms with Crippen molar-refractivity contribution < 1.29 is 9.50 Å². The zero-order valence-electron chi connectivity index (χ0n) is 7.70. The third kappa shape index (κ3) is 3.36. The number of halogens is 1. The predicted molar refractivity (Wildman–Crippen MR) is 53.4 cm³/mol. The molecule has 0 saturated heterocycles.